The van der Waals surface area contributed by atoms with Crippen LogP contribution in [0, 0.1) is 0 Å². The zero-order valence-electron chi connectivity index (χ0n) is 15.4. The Kier molecular flexibility index (Phi) is 4.17. The number of carbonyl (C=O) groups excluding carboxylic acids is 1. The largest absolute Gasteiger partial charge is 0.463 e. The minimum absolute atomic E-state index is 0.0600. The highest BCUT2D eigenvalue weighted by Crippen LogP contribution is 2.31. The van der Waals surface area contributed by atoms with Gasteiger partial charge in [-0.3, -0.25) is 4.79 Å². The number of hydrogen-bond acceptors (Lipinski definition) is 3. The second kappa shape index (κ2) is 6.97. The Morgan fingerprint density at radius 3 is 2.64 bits per heavy atom. The molecule has 1 unspecified atom stereocenters. The number of carbonyl (C=O) groups is 1. The molecule has 0 saturated carbocycles. The van der Waals surface area contributed by atoms with Crippen LogP contribution in [0.3, 0.4) is 0 Å². The van der Waals surface area contributed by atoms with E-state index in [0.29, 0.717) is 22.9 Å². The summed E-state index contributed by atoms with van der Waals surface area (Å²) in [6.07, 6.45) is 2.61. The third-order valence-corrected chi connectivity index (χ3v) is 5.47. The third kappa shape index (κ3) is 2.97. The molecule has 1 saturated heterocycles. The Balaban J connectivity index is 1.51. The lowest BCUT2D eigenvalue weighted by molar-refractivity contribution is 0.0792. The first-order valence-corrected chi connectivity index (χ1v) is 9.57. The molecule has 4 aromatic rings. The summed E-state index contributed by atoms with van der Waals surface area (Å²) < 4.78 is 5.52. The molecular formula is C24H20N2O2. The fraction of sp³-hybridized carbons (Fsp3) is 0.167. The molecule has 4 nitrogen and oxygen atoms in total. The van der Waals surface area contributed by atoms with Crippen molar-refractivity contribution >= 4 is 16.8 Å². The van der Waals surface area contributed by atoms with E-state index in [9.17, 15) is 4.79 Å². The van der Waals surface area contributed by atoms with Crippen molar-refractivity contribution in [3.63, 3.8) is 0 Å². The number of amides is 1. The summed E-state index contributed by atoms with van der Waals surface area (Å²) in [6, 6.07) is 23.8. The van der Waals surface area contributed by atoms with Crippen molar-refractivity contribution in [3.8, 4) is 11.5 Å². The van der Waals surface area contributed by atoms with Crippen LogP contribution in [0.25, 0.3) is 22.4 Å². The second-order valence-electron chi connectivity index (χ2n) is 7.20. The predicted molar refractivity (Wildman–Crippen MR) is 109 cm³/mol. The van der Waals surface area contributed by atoms with Crippen LogP contribution in [-0.2, 0) is 0 Å². The highest BCUT2D eigenvalue weighted by Gasteiger charge is 2.29. The van der Waals surface area contributed by atoms with Gasteiger partial charge in [0.2, 0.25) is 0 Å². The minimum atomic E-state index is 0.0600. The molecule has 1 fully saturated rings. The van der Waals surface area contributed by atoms with Crippen LogP contribution in [0.4, 0.5) is 0 Å². The number of nitrogens with zero attached hydrogens (tertiary/aromatic N) is 2. The van der Waals surface area contributed by atoms with Crippen molar-refractivity contribution in [1.82, 2.24) is 9.88 Å². The first-order valence-electron chi connectivity index (χ1n) is 9.57. The Morgan fingerprint density at radius 1 is 1.00 bits per heavy atom. The van der Waals surface area contributed by atoms with E-state index in [0.717, 1.165) is 30.4 Å². The number of likely N-dealkylation sites (tertiary alicyclic amines) is 1. The van der Waals surface area contributed by atoms with Crippen molar-refractivity contribution in [2.24, 2.45) is 0 Å². The van der Waals surface area contributed by atoms with Crippen molar-refractivity contribution in [2.75, 3.05) is 13.1 Å². The Bertz CT molecular complexity index is 1120. The van der Waals surface area contributed by atoms with Crippen LogP contribution in [0.5, 0.6) is 0 Å². The Morgan fingerprint density at radius 2 is 1.82 bits per heavy atom. The average Bonchev–Trinajstić information content (AvgIpc) is 3.45. The molecule has 28 heavy (non-hydrogen) atoms. The Labute approximate surface area is 163 Å². The third-order valence-electron chi connectivity index (χ3n) is 5.47. The molecule has 1 aliphatic heterocycles. The number of pyridine rings is 1. The van der Waals surface area contributed by atoms with Crippen molar-refractivity contribution < 1.29 is 9.21 Å². The molecule has 1 atom stereocenters. The van der Waals surface area contributed by atoms with Gasteiger partial charge in [-0.15, -0.1) is 0 Å². The van der Waals surface area contributed by atoms with Crippen molar-refractivity contribution in [3.05, 3.63) is 90.2 Å². The summed E-state index contributed by atoms with van der Waals surface area (Å²) in [5.41, 5.74) is 3.48. The first-order chi connectivity index (χ1) is 13.8. The van der Waals surface area contributed by atoms with Gasteiger partial charge in [0.1, 0.15) is 5.69 Å². The molecule has 2 aromatic heterocycles. The van der Waals surface area contributed by atoms with E-state index in [2.05, 4.69) is 29.2 Å². The van der Waals surface area contributed by atoms with Crippen LogP contribution < -0.4 is 0 Å². The molecule has 4 heteroatoms. The zero-order valence-corrected chi connectivity index (χ0v) is 15.4. The molecule has 3 heterocycles. The number of furan rings is 1. The average molecular weight is 368 g/mol. The van der Waals surface area contributed by atoms with E-state index in [1.807, 2.05) is 53.4 Å². The topological polar surface area (TPSA) is 46.3 Å². The maximum Gasteiger partial charge on any atom is 0.254 e. The Hall–Kier alpha value is -3.40. The van der Waals surface area contributed by atoms with Gasteiger partial charge in [0, 0.05) is 24.4 Å². The van der Waals surface area contributed by atoms with Gasteiger partial charge in [-0.2, -0.15) is 0 Å². The van der Waals surface area contributed by atoms with Gasteiger partial charge in [-0.05, 0) is 36.2 Å². The molecule has 0 aliphatic carbocycles. The number of rotatable bonds is 3. The van der Waals surface area contributed by atoms with E-state index in [-0.39, 0.29) is 5.91 Å². The number of fused-ring (bicyclic) bond motifs is 1. The second-order valence-corrected chi connectivity index (χ2v) is 7.20. The molecule has 2 aromatic carbocycles. The lowest BCUT2D eigenvalue weighted by atomic mass is 9.99. The normalized spacial score (nSPS) is 16.6. The van der Waals surface area contributed by atoms with Gasteiger partial charge < -0.3 is 9.32 Å². The van der Waals surface area contributed by atoms with Crippen LogP contribution in [-0.4, -0.2) is 28.9 Å². The zero-order chi connectivity index (χ0) is 18.9. The van der Waals surface area contributed by atoms with Crippen LogP contribution in [0.15, 0.2) is 83.5 Å². The first kappa shape index (κ1) is 16.8. The maximum absolute atomic E-state index is 13.4. The molecule has 138 valence electrons. The van der Waals surface area contributed by atoms with E-state index >= 15 is 0 Å². The van der Waals surface area contributed by atoms with Gasteiger partial charge in [0.15, 0.2) is 5.76 Å². The summed E-state index contributed by atoms with van der Waals surface area (Å²) in [5, 5.41) is 0.881. The summed E-state index contributed by atoms with van der Waals surface area (Å²) >= 11 is 0. The molecule has 0 spiro atoms. The van der Waals surface area contributed by atoms with Gasteiger partial charge in [-0.1, -0.05) is 48.5 Å². The van der Waals surface area contributed by atoms with E-state index in [1.54, 1.807) is 6.26 Å². The van der Waals surface area contributed by atoms with E-state index in [1.165, 1.54) is 5.56 Å². The molecule has 1 amide bonds. The highest BCUT2D eigenvalue weighted by atomic mass is 16.3. The van der Waals surface area contributed by atoms with Gasteiger partial charge in [0.05, 0.1) is 17.3 Å². The lowest BCUT2D eigenvalue weighted by Gasteiger charge is -2.18. The predicted octanol–water partition coefficient (Wildman–Crippen LogP) is 5.12. The molecular weight excluding hydrogens is 348 g/mol. The van der Waals surface area contributed by atoms with Gasteiger partial charge in [0.25, 0.3) is 5.91 Å². The van der Waals surface area contributed by atoms with Crippen LogP contribution in [0.1, 0.15) is 28.3 Å². The fourth-order valence-corrected chi connectivity index (χ4v) is 4.02. The van der Waals surface area contributed by atoms with Crippen molar-refractivity contribution in [2.45, 2.75) is 12.3 Å². The molecule has 0 radical (unpaired) electrons. The molecule has 5 rings (SSSR count). The van der Waals surface area contributed by atoms with Gasteiger partial charge >= 0.3 is 0 Å². The number of hydrogen-bond donors (Lipinski definition) is 0. The number of aromatic nitrogens is 1. The van der Waals surface area contributed by atoms with E-state index in [4.69, 9.17) is 4.42 Å². The minimum Gasteiger partial charge on any atom is -0.463 e. The standard InChI is InChI=1S/C24H20N2O2/c27-24(26-13-12-18(16-26)17-7-2-1-3-8-17)20-15-22(23-11-6-14-28-23)25-21-10-5-4-9-19(20)21/h1-11,14-15,18H,12-13,16H2. The molecule has 0 bridgehead atoms. The monoisotopic (exact) mass is 368 g/mol. The van der Waals surface area contributed by atoms with Crippen molar-refractivity contribution in [1.29, 1.82) is 0 Å². The SMILES string of the molecule is O=C(c1cc(-c2ccco2)nc2ccccc12)N1CCC(c2ccccc2)C1. The van der Waals surface area contributed by atoms with Gasteiger partial charge in [-0.25, -0.2) is 4.98 Å². The lowest BCUT2D eigenvalue weighted by Crippen LogP contribution is -2.28. The number of benzene rings is 2. The fourth-order valence-electron chi connectivity index (χ4n) is 4.02. The summed E-state index contributed by atoms with van der Waals surface area (Å²) in [7, 11) is 0. The smallest absolute Gasteiger partial charge is 0.254 e. The summed E-state index contributed by atoms with van der Waals surface area (Å²) in [5.74, 6) is 1.12. The van der Waals surface area contributed by atoms with E-state index < -0.39 is 0 Å². The summed E-state index contributed by atoms with van der Waals surface area (Å²) in [4.78, 5) is 20.1. The summed E-state index contributed by atoms with van der Waals surface area (Å²) in [6.45, 7) is 1.51. The number of para-hydroxylation sites is 1. The molecule has 1 aliphatic rings. The van der Waals surface area contributed by atoms with Crippen LogP contribution >= 0.6 is 0 Å². The maximum atomic E-state index is 13.4. The van der Waals surface area contributed by atoms with Crippen LogP contribution in [0.2, 0.25) is 0 Å². The quantitative estimate of drug-likeness (QED) is 0.504. The highest BCUT2D eigenvalue weighted by molar-refractivity contribution is 6.07. The molecule has 0 N–H and O–H groups in total.